The summed E-state index contributed by atoms with van der Waals surface area (Å²) in [5.41, 5.74) is 0. The predicted octanol–water partition coefficient (Wildman–Crippen LogP) is 3.49. The first-order chi connectivity index (χ1) is 5.77. The van der Waals surface area contributed by atoms with Gasteiger partial charge in [-0.1, -0.05) is 46.4 Å². The van der Waals surface area contributed by atoms with Crippen molar-refractivity contribution < 1.29 is 5.11 Å². The van der Waals surface area contributed by atoms with Gasteiger partial charge in [-0.25, -0.2) is 0 Å². The van der Waals surface area contributed by atoms with Gasteiger partial charge in [-0.15, -0.1) is 11.6 Å². The van der Waals surface area contributed by atoms with Gasteiger partial charge >= 0.3 is 0 Å². The minimum Gasteiger partial charge on any atom is -0.394 e. The second-order valence-electron chi connectivity index (χ2n) is 3.26. The summed E-state index contributed by atoms with van der Waals surface area (Å²) in [6.45, 7) is -0.344. The quantitative estimate of drug-likeness (QED) is 0.732. The van der Waals surface area contributed by atoms with Crippen molar-refractivity contribution in [2.45, 2.75) is 32.8 Å². The van der Waals surface area contributed by atoms with Gasteiger partial charge in [-0.05, 0) is 19.3 Å². The van der Waals surface area contributed by atoms with Crippen molar-refractivity contribution in [2.75, 3.05) is 6.61 Å². The molecule has 0 heterocycles. The number of aliphatic hydroxyl groups is 1. The Morgan fingerprint density at radius 1 is 1.00 bits per heavy atom. The minimum atomic E-state index is -1.53. The highest BCUT2D eigenvalue weighted by molar-refractivity contribution is 6.65. The van der Waals surface area contributed by atoms with Gasteiger partial charge in [0.05, 0.1) is 6.61 Å². The van der Waals surface area contributed by atoms with Crippen molar-refractivity contribution in [2.24, 2.45) is 0 Å². The van der Waals surface area contributed by atoms with Crippen molar-refractivity contribution in [1.29, 1.82) is 0 Å². The van der Waals surface area contributed by atoms with E-state index in [2.05, 4.69) is 0 Å². The smallest absolute Gasteiger partial charge is 0.172 e. The molecule has 0 amide bonds. The second kappa shape index (κ2) is 3.77. The molecule has 0 bridgehead atoms. The van der Waals surface area contributed by atoms with Gasteiger partial charge in [0.25, 0.3) is 0 Å². The zero-order chi connectivity index (χ0) is 10.3. The molecule has 1 rings (SSSR count). The molecular formula is C7H9Cl5O. The molecule has 0 aromatic heterocycles. The fraction of sp³-hybridized carbons (Fsp3) is 1.00. The molecule has 1 aliphatic carbocycles. The third-order valence-electron chi connectivity index (χ3n) is 2.34. The van der Waals surface area contributed by atoms with E-state index < -0.39 is 13.5 Å². The van der Waals surface area contributed by atoms with Crippen LogP contribution >= 0.6 is 58.0 Å². The maximum absolute atomic E-state index is 9.10. The van der Waals surface area contributed by atoms with Crippen LogP contribution in [0.3, 0.4) is 0 Å². The molecule has 13 heavy (non-hydrogen) atoms. The van der Waals surface area contributed by atoms with Crippen molar-refractivity contribution >= 4 is 58.0 Å². The van der Waals surface area contributed by atoms with Crippen LogP contribution in [0, 0.1) is 0 Å². The van der Waals surface area contributed by atoms with Crippen LogP contribution < -0.4 is 0 Å². The van der Waals surface area contributed by atoms with E-state index in [-0.39, 0.29) is 6.61 Å². The third kappa shape index (κ3) is 1.89. The summed E-state index contributed by atoms with van der Waals surface area (Å²) in [6, 6.07) is 0. The number of halogens is 5. The average molecular weight is 286 g/mol. The minimum absolute atomic E-state index is 0.344. The van der Waals surface area contributed by atoms with Crippen molar-refractivity contribution in [1.82, 2.24) is 0 Å². The van der Waals surface area contributed by atoms with Crippen LogP contribution in [0.4, 0.5) is 0 Å². The SMILES string of the molecule is OCC1(Cl)CCCC(Cl)(Cl)C1(Cl)Cl. The van der Waals surface area contributed by atoms with E-state index in [1.807, 2.05) is 0 Å². The largest absolute Gasteiger partial charge is 0.394 e. The highest BCUT2D eigenvalue weighted by Crippen LogP contribution is 2.59. The van der Waals surface area contributed by atoms with Gasteiger partial charge < -0.3 is 5.11 Å². The third-order valence-corrected chi connectivity index (χ3v) is 5.82. The zero-order valence-electron chi connectivity index (χ0n) is 6.67. The lowest BCUT2D eigenvalue weighted by atomic mass is 9.87. The monoisotopic (exact) mass is 284 g/mol. The molecule has 6 heteroatoms. The zero-order valence-corrected chi connectivity index (χ0v) is 10.4. The lowest BCUT2D eigenvalue weighted by molar-refractivity contribution is 0.197. The second-order valence-corrected chi connectivity index (χ2v) is 6.79. The molecule has 0 spiro atoms. The van der Waals surface area contributed by atoms with E-state index in [9.17, 15) is 0 Å². The van der Waals surface area contributed by atoms with Crippen molar-refractivity contribution in [3.63, 3.8) is 0 Å². The number of hydrogen-bond acceptors (Lipinski definition) is 1. The Labute approximate surface area is 102 Å². The summed E-state index contributed by atoms with van der Waals surface area (Å²) in [5.74, 6) is 0. The summed E-state index contributed by atoms with van der Waals surface area (Å²) in [6.07, 6.45) is 1.66. The standard InChI is InChI=1S/C7H9Cl5O/c8-5(4-13)2-1-3-6(9,10)7(5,11)12/h13H,1-4H2. The molecule has 0 radical (unpaired) electrons. The molecule has 0 aromatic rings. The van der Waals surface area contributed by atoms with E-state index in [1.54, 1.807) is 0 Å². The Kier molecular flexibility index (Phi) is 3.62. The lowest BCUT2D eigenvalue weighted by Crippen LogP contribution is -2.57. The molecule has 1 N–H and O–H groups in total. The maximum atomic E-state index is 9.10. The molecular weight excluding hydrogens is 277 g/mol. The summed E-state index contributed by atoms with van der Waals surface area (Å²) >= 11 is 29.9. The Balaban J connectivity index is 3.01. The van der Waals surface area contributed by atoms with E-state index in [0.717, 1.165) is 0 Å². The van der Waals surface area contributed by atoms with Crippen LogP contribution in [0.15, 0.2) is 0 Å². The van der Waals surface area contributed by atoms with E-state index >= 15 is 0 Å². The lowest BCUT2D eigenvalue weighted by Gasteiger charge is -2.47. The first kappa shape index (κ1) is 12.5. The molecule has 0 saturated heterocycles. The molecule has 1 saturated carbocycles. The molecule has 1 fully saturated rings. The predicted molar refractivity (Wildman–Crippen MR) is 58.4 cm³/mol. The maximum Gasteiger partial charge on any atom is 0.172 e. The fourth-order valence-electron chi connectivity index (χ4n) is 1.41. The molecule has 1 nitrogen and oxygen atoms in total. The Morgan fingerprint density at radius 3 is 1.92 bits per heavy atom. The Morgan fingerprint density at radius 2 is 1.54 bits per heavy atom. The van der Waals surface area contributed by atoms with Crippen molar-refractivity contribution in [3.8, 4) is 0 Å². The Bertz CT molecular complexity index is 205. The molecule has 1 unspecified atom stereocenters. The van der Waals surface area contributed by atoms with E-state index in [4.69, 9.17) is 63.1 Å². The average Bonchev–Trinajstić information content (AvgIpc) is 2.01. The van der Waals surface area contributed by atoms with Crippen LogP contribution in [-0.4, -0.2) is 25.3 Å². The van der Waals surface area contributed by atoms with E-state index in [1.165, 1.54) is 0 Å². The summed E-state index contributed by atoms with van der Waals surface area (Å²) in [4.78, 5) is -1.15. The fourth-order valence-corrected chi connectivity index (χ4v) is 2.93. The van der Waals surface area contributed by atoms with Crippen molar-refractivity contribution in [3.05, 3.63) is 0 Å². The van der Waals surface area contributed by atoms with Crippen LogP contribution in [-0.2, 0) is 0 Å². The number of rotatable bonds is 1. The first-order valence-electron chi connectivity index (χ1n) is 3.82. The molecule has 0 aromatic carbocycles. The summed E-state index contributed by atoms with van der Waals surface area (Å²) < 4.78 is -2.84. The van der Waals surface area contributed by atoms with Crippen LogP contribution in [0.2, 0.25) is 0 Å². The van der Waals surface area contributed by atoms with Gasteiger partial charge in [-0.3, -0.25) is 0 Å². The highest BCUT2D eigenvalue weighted by Gasteiger charge is 2.62. The number of hydrogen-bond donors (Lipinski definition) is 1. The number of aliphatic hydroxyl groups excluding tert-OH is 1. The van der Waals surface area contributed by atoms with Gasteiger partial charge in [0.1, 0.15) is 4.87 Å². The molecule has 78 valence electrons. The van der Waals surface area contributed by atoms with E-state index in [0.29, 0.717) is 19.3 Å². The topological polar surface area (TPSA) is 20.2 Å². The van der Waals surface area contributed by atoms with Gasteiger partial charge in [0.2, 0.25) is 0 Å². The van der Waals surface area contributed by atoms with Gasteiger partial charge in [0, 0.05) is 0 Å². The van der Waals surface area contributed by atoms with Crippen LogP contribution in [0.25, 0.3) is 0 Å². The van der Waals surface area contributed by atoms with Crippen LogP contribution in [0.5, 0.6) is 0 Å². The normalized spacial score (nSPS) is 37.4. The molecule has 1 atom stereocenters. The molecule has 0 aliphatic heterocycles. The summed E-state index contributed by atoms with van der Waals surface area (Å²) in [7, 11) is 0. The van der Waals surface area contributed by atoms with Gasteiger partial charge in [-0.2, -0.15) is 0 Å². The first-order valence-corrected chi connectivity index (χ1v) is 5.71. The Hall–Kier alpha value is 1.41. The highest BCUT2D eigenvalue weighted by atomic mass is 35.5. The summed E-state index contributed by atoms with van der Waals surface area (Å²) in [5, 5.41) is 9.10. The van der Waals surface area contributed by atoms with Gasteiger partial charge in [0.15, 0.2) is 8.67 Å². The van der Waals surface area contributed by atoms with Crippen LogP contribution in [0.1, 0.15) is 19.3 Å². The molecule has 1 aliphatic rings. The number of alkyl halides is 5.